The molecule has 0 spiro atoms. The smallest absolute Gasteiger partial charge is 0.406 e. The van der Waals surface area contributed by atoms with E-state index >= 15 is 0 Å². The van der Waals surface area contributed by atoms with Crippen LogP contribution in [0.3, 0.4) is 0 Å². The molecular formula is C13H13F3O3. The van der Waals surface area contributed by atoms with E-state index in [1.54, 1.807) is 0 Å². The van der Waals surface area contributed by atoms with E-state index < -0.39 is 6.36 Å². The molecule has 1 aromatic carbocycles. The molecule has 1 heterocycles. The van der Waals surface area contributed by atoms with Gasteiger partial charge in [-0.25, -0.2) is 0 Å². The molecule has 1 unspecified atom stereocenters. The normalized spacial score (nSPS) is 19.4. The fraction of sp³-hybridized carbons (Fsp3) is 0.462. The standard InChI is InChI=1S/C13H13F3O3/c14-13(15,16)19-11-3-1-9(2-4-11)7-12(17)10-5-6-18-8-10/h1-4,10H,5-8H2. The number of ketones is 1. The quantitative estimate of drug-likeness (QED) is 0.847. The summed E-state index contributed by atoms with van der Waals surface area (Å²) >= 11 is 0. The Morgan fingerprint density at radius 2 is 2.00 bits per heavy atom. The van der Waals surface area contributed by atoms with Gasteiger partial charge in [-0.1, -0.05) is 12.1 Å². The third kappa shape index (κ3) is 4.24. The van der Waals surface area contributed by atoms with E-state index in [9.17, 15) is 18.0 Å². The molecule has 19 heavy (non-hydrogen) atoms. The molecule has 1 saturated heterocycles. The van der Waals surface area contributed by atoms with Crippen molar-refractivity contribution in [3.05, 3.63) is 29.8 Å². The van der Waals surface area contributed by atoms with Crippen molar-refractivity contribution in [3.63, 3.8) is 0 Å². The maximum atomic E-state index is 12.0. The molecule has 0 aromatic heterocycles. The van der Waals surface area contributed by atoms with E-state index in [1.807, 2.05) is 0 Å². The van der Waals surface area contributed by atoms with Gasteiger partial charge < -0.3 is 9.47 Å². The monoisotopic (exact) mass is 274 g/mol. The summed E-state index contributed by atoms with van der Waals surface area (Å²) in [4.78, 5) is 11.8. The average molecular weight is 274 g/mol. The molecule has 0 amide bonds. The number of ether oxygens (including phenoxy) is 2. The molecule has 0 aliphatic carbocycles. The van der Waals surface area contributed by atoms with Gasteiger partial charge >= 0.3 is 6.36 Å². The van der Waals surface area contributed by atoms with Gasteiger partial charge in [-0.05, 0) is 24.1 Å². The number of carbonyl (C=O) groups excluding carboxylic acids is 1. The number of carbonyl (C=O) groups is 1. The minimum absolute atomic E-state index is 0.0574. The molecule has 0 radical (unpaired) electrons. The molecule has 0 N–H and O–H groups in total. The number of hydrogen-bond donors (Lipinski definition) is 0. The van der Waals surface area contributed by atoms with Crippen LogP contribution < -0.4 is 4.74 Å². The summed E-state index contributed by atoms with van der Waals surface area (Å²) in [6.45, 7) is 1.03. The molecule has 1 atom stereocenters. The van der Waals surface area contributed by atoms with Crippen LogP contribution in [-0.4, -0.2) is 25.4 Å². The van der Waals surface area contributed by atoms with Crippen molar-refractivity contribution in [2.45, 2.75) is 19.2 Å². The highest BCUT2D eigenvalue weighted by molar-refractivity contribution is 5.83. The zero-order valence-corrected chi connectivity index (χ0v) is 10.1. The van der Waals surface area contributed by atoms with Crippen LogP contribution in [0.4, 0.5) is 13.2 Å². The van der Waals surface area contributed by atoms with Crippen LogP contribution in [-0.2, 0) is 16.0 Å². The van der Waals surface area contributed by atoms with Crippen LogP contribution in [0.5, 0.6) is 5.75 Å². The highest BCUT2D eigenvalue weighted by Crippen LogP contribution is 2.23. The Hall–Kier alpha value is -1.56. The highest BCUT2D eigenvalue weighted by atomic mass is 19.4. The lowest BCUT2D eigenvalue weighted by molar-refractivity contribution is -0.274. The summed E-state index contributed by atoms with van der Waals surface area (Å²) in [5, 5.41) is 0. The van der Waals surface area contributed by atoms with E-state index in [1.165, 1.54) is 24.3 Å². The average Bonchev–Trinajstić information content (AvgIpc) is 2.83. The van der Waals surface area contributed by atoms with Crippen molar-refractivity contribution in [1.29, 1.82) is 0 Å². The summed E-state index contributed by atoms with van der Waals surface area (Å²) in [5.41, 5.74) is 0.673. The summed E-state index contributed by atoms with van der Waals surface area (Å²) in [5.74, 6) is -0.319. The van der Waals surface area contributed by atoms with Crippen LogP contribution >= 0.6 is 0 Å². The third-order valence-corrected chi connectivity index (χ3v) is 2.92. The van der Waals surface area contributed by atoms with Crippen LogP contribution in [0, 0.1) is 5.92 Å². The maximum Gasteiger partial charge on any atom is 0.573 e. The van der Waals surface area contributed by atoms with Crippen LogP contribution in [0.25, 0.3) is 0 Å². The molecule has 3 nitrogen and oxygen atoms in total. The zero-order chi connectivity index (χ0) is 13.9. The summed E-state index contributed by atoms with van der Waals surface area (Å²) in [6.07, 6.45) is -3.77. The Bertz CT molecular complexity index is 433. The van der Waals surface area contributed by atoms with Gasteiger partial charge in [0.2, 0.25) is 0 Å². The third-order valence-electron chi connectivity index (χ3n) is 2.92. The minimum Gasteiger partial charge on any atom is -0.406 e. The van der Waals surface area contributed by atoms with Gasteiger partial charge in [-0.3, -0.25) is 4.79 Å². The predicted molar refractivity (Wildman–Crippen MR) is 60.8 cm³/mol. The molecule has 1 aromatic rings. The molecule has 1 fully saturated rings. The molecule has 0 saturated carbocycles. The predicted octanol–water partition coefficient (Wildman–Crippen LogP) is 2.73. The first-order valence-corrected chi connectivity index (χ1v) is 5.89. The minimum atomic E-state index is -4.70. The van der Waals surface area contributed by atoms with Gasteiger partial charge in [-0.2, -0.15) is 0 Å². The molecule has 0 bridgehead atoms. The Morgan fingerprint density at radius 1 is 1.32 bits per heavy atom. The molecule has 6 heteroatoms. The van der Waals surface area contributed by atoms with Crippen molar-refractivity contribution in [3.8, 4) is 5.75 Å². The second kappa shape index (κ2) is 5.61. The lowest BCUT2D eigenvalue weighted by Gasteiger charge is -2.10. The largest absolute Gasteiger partial charge is 0.573 e. The summed E-state index contributed by atoms with van der Waals surface area (Å²) in [7, 11) is 0. The topological polar surface area (TPSA) is 35.5 Å². The van der Waals surface area contributed by atoms with Gasteiger partial charge in [-0.15, -0.1) is 13.2 Å². The Kier molecular flexibility index (Phi) is 4.09. The number of hydrogen-bond acceptors (Lipinski definition) is 3. The first kappa shape index (κ1) is 13.9. The van der Waals surface area contributed by atoms with Crippen LogP contribution in [0.2, 0.25) is 0 Å². The Labute approximate surface area is 108 Å². The van der Waals surface area contributed by atoms with Crippen LogP contribution in [0.1, 0.15) is 12.0 Å². The lowest BCUT2D eigenvalue weighted by Crippen LogP contribution is -2.18. The molecule has 2 rings (SSSR count). The second-order valence-electron chi connectivity index (χ2n) is 4.40. The van der Waals surface area contributed by atoms with Gasteiger partial charge in [0.1, 0.15) is 11.5 Å². The molecule has 1 aliphatic heterocycles. The van der Waals surface area contributed by atoms with Crippen molar-refractivity contribution in [2.75, 3.05) is 13.2 Å². The van der Waals surface area contributed by atoms with E-state index in [2.05, 4.69) is 4.74 Å². The van der Waals surface area contributed by atoms with Gasteiger partial charge in [0, 0.05) is 18.9 Å². The molecule has 1 aliphatic rings. The Balaban J connectivity index is 1.93. The van der Waals surface area contributed by atoms with Gasteiger partial charge in [0.25, 0.3) is 0 Å². The van der Waals surface area contributed by atoms with E-state index in [4.69, 9.17) is 4.74 Å². The lowest BCUT2D eigenvalue weighted by atomic mass is 9.97. The number of benzene rings is 1. The van der Waals surface area contributed by atoms with E-state index in [0.29, 0.717) is 25.2 Å². The van der Waals surface area contributed by atoms with Crippen molar-refractivity contribution in [1.82, 2.24) is 0 Å². The van der Waals surface area contributed by atoms with E-state index in [-0.39, 0.29) is 23.9 Å². The summed E-state index contributed by atoms with van der Waals surface area (Å²) < 4.78 is 44.8. The van der Waals surface area contributed by atoms with Crippen molar-refractivity contribution in [2.24, 2.45) is 5.92 Å². The van der Waals surface area contributed by atoms with Crippen molar-refractivity contribution < 1.29 is 27.4 Å². The Morgan fingerprint density at radius 3 is 2.53 bits per heavy atom. The van der Waals surface area contributed by atoms with Crippen LogP contribution in [0.15, 0.2) is 24.3 Å². The second-order valence-corrected chi connectivity index (χ2v) is 4.40. The molecule has 104 valence electrons. The summed E-state index contributed by atoms with van der Waals surface area (Å²) in [6, 6.07) is 5.35. The number of rotatable bonds is 4. The number of Topliss-reactive ketones (excluding diaryl/α,β-unsaturated/α-hetero) is 1. The first-order valence-electron chi connectivity index (χ1n) is 5.89. The maximum absolute atomic E-state index is 12.0. The number of alkyl halides is 3. The SMILES string of the molecule is O=C(Cc1ccc(OC(F)(F)F)cc1)C1CCOC1. The zero-order valence-electron chi connectivity index (χ0n) is 10.1. The van der Waals surface area contributed by atoms with Gasteiger partial charge in [0.15, 0.2) is 0 Å². The van der Waals surface area contributed by atoms with Crippen molar-refractivity contribution >= 4 is 5.78 Å². The fourth-order valence-corrected chi connectivity index (χ4v) is 1.94. The molecular weight excluding hydrogens is 261 g/mol. The highest BCUT2D eigenvalue weighted by Gasteiger charge is 2.31. The van der Waals surface area contributed by atoms with E-state index in [0.717, 1.165) is 0 Å². The number of halogens is 3. The first-order chi connectivity index (χ1) is 8.94. The van der Waals surface area contributed by atoms with Gasteiger partial charge in [0.05, 0.1) is 6.61 Å². The fourth-order valence-electron chi connectivity index (χ4n) is 1.94.